The fraction of sp³-hybridized carbons (Fsp3) is 0.273. The summed E-state index contributed by atoms with van der Waals surface area (Å²) in [5.41, 5.74) is 1.73. The Morgan fingerprint density at radius 1 is 1.13 bits per heavy atom. The van der Waals surface area contributed by atoms with Crippen LogP contribution < -0.4 is 5.32 Å². The van der Waals surface area contributed by atoms with Gasteiger partial charge >= 0.3 is 0 Å². The molecule has 0 saturated heterocycles. The van der Waals surface area contributed by atoms with Gasteiger partial charge in [-0.05, 0) is 42.7 Å². The van der Waals surface area contributed by atoms with Crippen molar-refractivity contribution in [3.05, 3.63) is 77.1 Å². The Hall–Kier alpha value is -2.64. The van der Waals surface area contributed by atoms with Crippen molar-refractivity contribution in [2.45, 2.75) is 42.4 Å². The van der Waals surface area contributed by atoms with E-state index in [0.29, 0.717) is 35.7 Å². The van der Waals surface area contributed by atoms with Crippen LogP contribution in [0.15, 0.2) is 65.8 Å². The van der Waals surface area contributed by atoms with Crippen molar-refractivity contribution in [2.24, 2.45) is 0 Å². The molecule has 1 N–H and O–H groups in total. The first-order chi connectivity index (χ1) is 14.4. The normalized spacial score (nSPS) is 14.7. The highest BCUT2D eigenvalue weighted by molar-refractivity contribution is 7.92. The second kappa shape index (κ2) is 8.62. The Bertz CT molecular complexity index is 1170. The molecule has 0 unspecified atom stereocenters. The molecule has 1 aliphatic rings. The molecule has 6 nitrogen and oxygen atoms in total. The van der Waals surface area contributed by atoms with Crippen molar-refractivity contribution < 1.29 is 13.2 Å². The minimum absolute atomic E-state index is 0.251. The maximum absolute atomic E-state index is 12.8. The predicted octanol–water partition coefficient (Wildman–Crippen LogP) is 4.55. The minimum Gasteiger partial charge on any atom is -0.322 e. The van der Waals surface area contributed by atoms with Crippen LogP contribution in [0.4, 0.5) is 5.69 Å². The first-order valence-corrected chi connectivity index (χ1v) is 11.8. The molecule has 0 atom stereocenters. The number of carbonyl (C=O) groups excluding carboxylic acids is 1. The second-order valence-corrected chi connectivity index (χ2v) is 10.1. The molecular weight excluding hydrogens is 422 g/mol. The van der Waals surface area contributed by atoms with Gasteiger partial charge in [-0.2, -0.15) is 5.10 Å². The lowest BCUT2D eigenvalue weighted by atomic mass is 10.2. The van der Waals surface area contributed by atoms with Crippen LogP contribution in [0.3, 0.4) is 0 Å². The number of hydrogen-bond donors (Lipinski definition) is 1. The zero-order chi connectivity index (χ0) is 21.1. The molecule has 4 rings (SSSR count). The highest BCUT2D eigenvalue weighted by Gasteiger charge is 2.30. The lowest BCUT2D eigenvalue weighted by molar-refractivity contribution is 0.102. The van der Waals surface area contributed by atoms with Crippen LogP contribution >= 0.6 is 11.6 Å². The van der Waals surface area contributed by atoms with Gasteiger partial charge in [-0.25, -0.2) is 8.42 Å². The van der Waals surface area contributed by atoms with Crippen LogP contribution in [-0.2, 0) is 16.4 Å². The molecule has 0 radical (unpaired) electrons. The highest BCUT2D eigenvalue weighted by atomic mass is 35.5. The SMILES string of the molecule is O=C(Nc1cccc(S(=O)(=O)C2CCCC2)c1)c1cnn(Cc2ccccc2Cl)c1. The molecule has 0 spiro atoms. The molecule has 1 saturated carbocycles. The van der Waals surface area contributed by atoms with Crippen molar-refractivity contribution in [3.63, 3.8) is 0 Å². The summed E-state index contributed by atoms with van der Waals surface area (Å²) in [6.07, 6.45) is 6.40. The molecule has 0 aliphatic heterocycles. The van der Waals surface area contributed by atoms with Crippen molar-refractivity contribution in [1.29, 1.82) is 0 Å². The lowest BCUT2D eigenvalue weighted by Crippen LogP contribution is -2.18. The van der Waals surface area contributed by atoms with Crippen LogP contribution in [0.1, 0.15) is 41.6 Å². The predicted molar refractivity (Wildman–Crippen MR) is 117 cm³/mol. The summed E-state index contributed by atoms with van der Waals surface area (Å²) in [6.45, 7) is 0.446. The van der Waals surface area contributed by atoms with Gasteiger partial charge in [0.25, 0.3) is 5.91 Å². The van der Waals surface area contributed by atoms with Crippen LogP contribution in [-0.4, -0.2) is 29.4 Å². The van der Waals surface area contributed by atoms with Crippen LogP contribution in [0, 0.1) is 0 Å². The Balaban J connectivity index is 1.47. The van der Waals surface area contributed by atoms with Gasteiger partial charge in [-0.15, -0.1) is 0 Å². The second-order valence-electron chi connectivity index (χ2n) is 7.45. The van der Waals surface area contributed by atoms with E-state index < -0.39 is 9.84 Å². The molecule has 1 amide bonds. The van der Waals surface area contributed by atoms with Gasteiger partial charge in [-0.3, -0.25) is 9.48 Å². The number of nitrogens with zero attached hydrogens (tertiary/aromatic N) is 2. The number of benzene rings is 2. The van der Waals surface area contributed by atoms with Crippen LogP contribution in [0.2, 0.25) is 5.02 Å². The summed E-state index contributed by atoms with van der Waals surface area (Å²) < 4.78 is 27.3. The van der Waals surface area contributed by atoms with E-state index in [2.05, 4.69) is 10.4 Å². The first-order valence-electron chi connectivity index (χ1n) is 9.85. The summed E-state index contributed by atoms with van der Waals surface area (Å²) in [4.78, 5) is 12.9. The fourth-order valence-corrected chi connectivity index (χ4v) is 5.81. The minimum atomic E-state index is -3.38. The van der Waals surface area contributed by atoms with E-state index in [9.17, 15) is 13.2 Å². The van der Waals surface area contributed by atoms with Crippen molar-refractivity contribution in [3.8, 4) is 0 Å². The molecule has 1 heterocycles. The zero-order valence-corrected chi connectivity index (χ0v) is 17.9. The van der Waals surface area contributed by atoms with E-state index in [4.69, 9.17) is 11.6 Å². The molecule has 0 bridgehead atoms. The smallest absolute Gasteiger partial charge is 0.258 e. The standard InChI is InChI=1S/C22H22ClN3O3S/c23-21-11-4-1-6-16(21)14-26-15-17(13-24-26)22(27)25-18-7-5-10-20(12-18)30(28,29)19-8-2-3-9-19/h1,4-7,10-13,15,19H,2-3,8-9,14H2,(H,25,27). The molecular formula is C22H22ClN3O3S. The van der Waals surface area contributed by atoms with Gasteiger partial charge in [0.1, 0.15) is 0 Å². The topological polar surface area (TPSA) is 81.1 Å². The maximum atomic E-state index is 12.8. The van der Waals surface area contributed by atoms with Crippen LogP contribution in [0.5, 0.6) is 0 Å². The molecule has 8 heteroatoms. The third kappa shape index (κ3) is 4.42. The summed E-state index contributed by atoms with van der Waals surface area (Å²) in [7, 11) is -3.38. The Morgan fingerprint density at radius 3 is 2.67 bits per heavy atom. The summed E-state index contributed by atoms with van der Waals surface area (Å²) in [5, 5.41) is 7.30. The Kier molecular flexibility index (Phi) is 5.92. The van der Waals surface area contributed by atoms with E-state index in [0.717, 1.165) is 18.4 Å². The van der Waals surface area contributed by atoms with Gasteiger partial charge in [0.05, 0.1) is 28.5 Å². The number of amides is 1. The molecule has 3 aromatic rings. The third-order valence-electron chi connectivity index (χ3n) is 5.35. The number of anilines is 1. The van der Waals surface area contributed by atoms with Gasteiger partial charge in [0.15, 0.2) is 9.84 Å². The van der Waals surface area contributed by atoms with Crippen LogP contribution in [0.25, 0.3) is 0 Å². The summed E-state index contributed by atoms with van der Waals surface area (Å²) in [6, 6.07) is 13.9. The van der Waals surface area contributed by atoms with Gasteiger partial charge < -0.3 is 5.32 Å². The number of aromatic nitrogens is 2. The summed E-state index contributed by atoms with van der Waals surface area (Å²) >= 11 is 6.18. The number of rotatable bonds is 6. The average Bonchev–Trinajstić information content (AvgIpc) is 3.42. The number of nitrogens with one attached hydrogen (secondary N) is 1. The van der Waals surface area contributed by atoms with Gasteiger partial charge in [0.2, 0.25) is 0 Å². The quantitative estimate of drug-likeness (QED) is 0.605. The van der Waals surface area contributed by atoms with E-state index in [1.165, 1.54) is 12.3 Å². The van der Waals surface area contributed by atoms with Gasteiger partial charge in [-0.1, -0.05) is 48.7 Å². The zero-order valence-electron chi connectivity index (χ0n) is 16.3. The van der Waals surface area contributed by atoms with E-state index in [1.807, 2.05) is 18.2 Å². The largest absolute Gasteiger partial charge is 0.322 e. The molecule has 1 fully saturated rings. The Labute approximate surface area is 180 Å². The van der Waals surface area contributed by atoms with Crippen molar-refractivity contribution in [1.82, 2.24) is 9.78 Å². The lowest BCUT2D eigenvalue weighted by Gasteiger charge is -2.12. The molecule has 2 aromatic carbocycles. The van der Waals surface area contributed by atoms with Crippen molar-refractivity contribution in [2.75, 3.05) is 5.32 Å². The van der Waals surface area contributed by atoms with E-state index in [-0.39, 0.29) is 16.1 Å². The molecule has 156 valence electrons. The molecule has 1 aliphatic carbocycles. The third-order valence-corrected chi connectivity index (χ3v) is 7.98. The van der Waals surface area contributed by atoms with E-state index in [1.54, 1.807) is 35.1 Å². The summed E-state index contributed by atoms with van der Waals surface area (Å²) in [5.74, 6) is -0.351. The fourth-order valence-electron chi connectivity index (χ4n) is 3.71. The average molecular weight is 444 g/mol. The number of sulfone groups is 1. The van der Waals surface area contributed by atoms with Crippen molar-refractivity contribution >= 4 is 33.0 Å². The maximum Gasteiger partial charge on any atom is 0.258 e. The molecule has 1 aromatic heterocycles. The number of carbonyl (C=O) groups is 1. The highest BCUT2D eigenvalue weighted by Crippen LogP contribution is 2.30. The molecule has 30 heavy (non-hydrogen) atoms. The number of hydrogen-bond acceptors (Lipinski definition) is 4. The monoisotopic (exact) mass is 443 g/mol. The number of halogens is 1. The first kappa shape index (κ1) is 20.6. The van der Waals surface area contributed by atoms with E-state index >= 15 is 0 Å². The Morgan fingerprint density at radius 2 is 1.90 bits per heavy atom. The van der Waals surface area contributed by atoms with Gasteiger partial charge in [0, 0.05) is 16.9 Å².